The summed E-state index contributed by atoms with van der Waals surface area (Å²) < 4.78 is 16.3. The monoisotopic (exact) mass is 313 g/mol. The van der Waals surface area contributed by atoms with Crippen LogP contribution in [0.15, 0.2) is 21.8 Å². The number of nitrogens with zero attached hydrogens (tertiary/aromatic N) is 2. The van der Waals surface area contributed by atoms with Crippen LogP contribution in [0.4, 0.5) is 0 Å². The van der Waals surface area contributed by atoms with Gasteiger partial charge in [0.25, 0.3) is 5.22 Å². The van der Waals surface area contributed by atoms with Crippen molar-refractivity contribution < 1.29 is 13.9 Å². The van der Waals surface area contributed by atoms with E-state index in [9.17, 15) is 0 Å². The van der Waals surface area contributed by atoms with Gasteiger partial charge in [-0.15, -0.1) is 10.2 Å². The highest BCUT2D eigenvalue weighted by Crippen LogP contribution is 2.39. The molecule has 2 heterocycles. The second-order valence-electron chi connectivity index (χ2n) is 4.06. The third kappa shape index (κ3) is 2.84. The van der Waals surface area contributed by atoms with E-state index in [1.54, 1.807) is 0 Å². The van der Waals surface area contributed by atoms with Crippen molar-refractivity contribution in [2.24, 2.45) is 5.73 Å². The molecule has 0 unspecified atom stereocenters. The van der Waals surface area contributed by atoms with Crippen LogP contribution in [0.1, 0.15) is 11.5 Å². The maximum absolute atomic E-state index is 6.17. The minimum atomic E-state index is 0.239. The lowest BCUT2D eigenvalue weighted by Gasteiger charge is -2.20. The van der Waals surface area contributed by atoms with Crippen molar-refractivity contribution in [3.8, 4) is 11.5 Å². The number of ether oxygens (including phenoxy) is 2. The van der Waals surface area contributed by atoms with Gasteiger partial charge in [0.15, 0.2) is 11.5 Å². The summed E-state index contributed by atoms with van der Waals surface area (Å²) >= 11 is 7.59. The van der Waals surface area contributed by atoms with Crippen LogP contribution in [0.2, 0.25) is 5.02 Å². The van der Waals surface area contributed by atoms with Gasteiger partial charge < -0.3 is 19.6 Å². The lowest BCUT2D eigenvalue weighted by Crippen LogP contribution is -2.15. The number of aromatic nitrogens is 2. The van der Waals surface area contributed by atoms with Crippen LogP contribution in [0.3, 0.4) is 0 Å². The van der Waals surface area contributed by atoms with E-state index in [2.05, 4.69) is 10.2 Å². The van der Waals surface area contributed by atoms with E-state index in [-0.39, 0.29) is 6.54 Å². The third-order valence-electron chi connectivity index (χ3n) is 2.64. The van der Waals surface area contributed by atoms with Gasteiger partial charge in [0.05, 0.1) is 11.6 Å². The molecule has 106 valence electrons. The molecule has 0 fully saturated rings. The van der Waals surface area contributed by atoms with Crippen molar-refractivity contribution in [1.82, 2.24) is 10.2 Å². The van der Waals surface area contributed by atoms with Gasteiger partial charge in [0, 0.05) is 5.75 Å². The highest BCUT2D eigenvalue weighted by atomic mass is 35.5. The van der Waals surface area contributed by atoms with Crippen LogP contribution < -0.4 is 15.2 Å². The zero-order chi connectivity index (χ0) is 13.9. The molecule has 0 spiro atoms. The second-order valence-corrected chi connectivity index (χ2v) is 5.39. The number of thioether (sulfide) groups is 1. The molecule has 1 aliphatic rings. The molecule has 20 heavy (non-hydrogen) atoms. The van der Waals surface area contributed by atoms with Crippen molar-refractivity contribution in [2.75, 3.05) is 13.2 Å². The van der Waals surface area contributed by atoms with Gasteiger partial charge in [-0.2, -0.15) is 0 Å². The summed E-state index contributed by atoms with van der Waals surface area (Å²) in [6.07, 6.45) is 0. The predicted molar refractivity (Wildman–Crippen MR) is 74.2 cm³/mol. The number of benzene rings is 1. The van der Waals surface area contributed by atoms with Crippen LogP contribution in [-0.4, -0.2) is 23.4 Å². The minimum Gasteiger partial charge on any atom is -0.486 e. The first kappa shape index (κ1) is 13.5. The van der Waals surface area contributed by atoms with Gasteiger partial charge in [-0.3, -0.25) is 0 Å². The number of nitrogens with two attached hydrogens (primary N) is 1. The van der Waals surface area contributed by atoms with Crippen LogP contribution in [0.5, 0.6) is 11.5 Å². The van der Waals surface area contributed by atoms with Gasteiger partial charge in [0.2, 0.25) is 5.89 Å². The quantitative estimate of drug-likeness (QED) is 0.867. The molecule has 0 atom stereocenters. The summed E-state index contributed by atoms with van der Waals surface area (Å²) in [5, 5.41) is 8.72. The Morgan fingerprint density at radius 3 is 2.90 bits per heavy atom. The van der Waals surface area contributed by atoms with Crippen molar-refractivity contribution in [3.05, 3.63) is 28.6 Å². The Kier molecular flexibility index (Phi) is 4.00. The molecular weight excluding hydrogens is 302 g/mol. The van der Waals surface area contributed by atoms with Gasteiger partial charge in [-0.25, -0.2) is 0 Å². The first-order valence-corrected chi connectivity index (χ1v) is 7.36. The Balaban J connectivity index is 1.72. The highest BCUT2D eigenvalue weighted by molar-refractivity contribution is 7.98. The number of halogens is 1. The maximum atomic E-state index is 6.17. The summed E-state index contributed by atoms with van der Waals surface area (Å²) in [7, 11) is 0. The number of hydrogen-bond acceptors (Lipinski definition) is 7. The lowest BCUT2D eigenvalue weighted by atomic mass is 10.2. The van der Waals surface area contributed by atoms with Crippen molar-refractivity contribution in [1.29, 1.82) is 0 Å². The zero-order valence-corrected chi connectivity index (χ0v) is 12.0. The highest BCUT2D eigenvalue weighted by Gasteiger charge is 2.17. The molecule has 2 N–H and O–H groups in total. The Morgan fingerprint density at radius 1 is 1.25 bits per heavy atom. The Bertz CT molecular complexity index is 620. The number of rotatable bonds is 4. The summed E-state index contributed by atoms with van der Waals surface area (Å²) in [4.78, 5) is 0. The van der Waals surface area contributed by atoms with E-state index in [4.69, 9.17) is 31.2 Å². The van der Waals surface area contributed by atoms with Crippen LogP contribution in [-0.2, 0) is 12.3 Å². The van der Waals surface area contributed by atoms with E-state index in [1.807, 2.05) is 12.1 Å². The molecule has 3 rings (SSSR count). The Hall–Kier alpha value is -1.44. The summed E-state index contributed by atoms with van der Waals surface area (Å²) in [5.74, 6) is 2.35. The molecule has 8 heteroatoms. The average molecular weight is 314 g/mol. The molecule has 0 amide bonds. The van der Waals surface area contributed by atoms with Crippen LogP contribution in [0.25, 0.3) is 0 Å². The second kappa shape index (κ2) is 5.90. The maximum Gasteiger partial charge on any atom is 0.276 e. The predicted octanol–water partition coefficient (Wildman–Crippen LogP) is 2.25. The van der Waals surface area contributed by atoms with Gasteiger partial charge in [-0.05, 0) is 17.7 Å². The molecular formula is C12H12ClN3O3S. The van der Waals surface area contributed by atoms with Gasteiger partial charge >= 0.3 is 0 Å². The fraction of sp³-hybridized carbons (Fsp3) is 0.333. The molecule has 0 bridgehead atoms. The fourth-order valence-electron chi connectivity index (χ4n) is 1.77. The fourth-order valence-corrected chi connectivity index (χ4v) is 2.77. The van der Waals surface area contributed by atoms with E-state index in [1.165, 1.54) is 11.8 Å². The third-order valence-corrected chi connectivity index (χ3v) is 3.81. The first-order valence-electron chi connectivity index (χ1n) is 5.99. The molecule has 2 aromatic rings. The first-order chi connectivity index (χ1) is 9.76. The van der Waals surface area contributed by atoms with Gasteiger partial charge in [-0.1, -0.05) is 23.4 Å². The van der Waals surface area contributed by atoms with E-state index >= 15 is 0 Å². The van der Waals surface area contributed by atoms with Crippen molar-refractivity contribution >= 4 is 23.4 Å². The lowest BCUT2D eigenvalue weighted by molar-refractivity contribution is 0.171. The summed E-state index contributed by atoms with van der Waals surface area (Å²) in [5.41, 5.74) is 6.41. The van der Waals surface area contributed by atoms with Crippen LogP contribution in [0, 0.1) is 0 Å². The average Bonchev–Trinajstić information content (AvgIpc) is 2.93. The minimum absolute atomic E-state index is 0.239. The zero-order valence-electron chi connectivity index (χ0n) is 10.5. The van der Waals surface area contributed by atoms with E-state index in [0.717, 1.165) is 5.56 Å². The molecule has 0 aliphatic carbocycles. The number of hydrogen-bond donors (Lipinski definition) is 1. The Labute approximate surface area is 124 Å². The van der Waals surface area contributed by atoms with Crippen molar-refractivity contribution in [3.63, 3.8) is 0 Å². The smallest absolute Gasteiger partial charge is 0.276 e. The molecule has 6 nitrogen and oxygen atoms in total. The van der Waals surface area contributed by atoms with Gasteiger partial charge in [0.1, 0.15) is 13.2 Å². The molecule has 1 aromatic heterocycles. The molecule has 1 aromatic carbocycles. The largest absolute Gasteiger partial charge is 0.486 e. The summed E-state index contributed by atoms with van der Waals surface area (Å²) in [6.45, 7) is 1.29. The molecule has 0 radical (unpaired) electrons. The van der Waals surface area contributed by atoms with E-state index < -0.39 is 0 Å². The molecule has 0 saturated carbocycles. The SMILES string of the molecule is NCc1nnc(SCc2cc(Cl)c3c(c2)OCCO3)o1. The number of fused-ring (bicyclic) bond motifs is 1. The van der Waals surface area contributed by atoms with E-state index in [0.29, 0.717) is 46.6 Å². The van der Waals surface area contributed by atoms with Crippen LogP contribution >= 0.6 is 23.4 Å². The normalized spacial score (nSPS) is 13.5. The molecule has 0 saturated heterocycles. The standard InChI is InChI=1S/C12H12ClN3O3S/c13-8-3-7(4-9-11(8)18-2-1-17-9)6-20-12-16-15-10(5-14)19-12/h3-4H,1-2,5-6,14H2. The Morgan fingerprint density at radius 2 is 2.10 bits per heavy atom. The van der Waals surface area contributed by atoms with Crippen molar-refractivity contribution in [2.45, 2.75) is 17.5 Å². The molecule has 1 aliphatic heterocycles. The topological polar surface area (TPSA) is 83.4 Å². The summed E-state index contributed by atoms with van der Waals surface area (Å²) in [6, 6.07) is 3.76.